The van der Waals surface area contributed by atoms with Gasteiger partial charge in [0.25, 0.3) is 5.91 Å². The van der Waals surface area contributed by atoms with E-state index in [1.807, 2.05) is 50.8 Å². The molecule has 0 saturated carbocycles. The largest absolute Gasteiger partial charge is 0.497 e. The number of hydrogen-bond donors (Lipinski definition) is 0. The summed E-state index contributed by atoms with van der Waals surface area (Å²) in [6.07, 6.45) is 0.611. The fraction of sp³-hybridized carbons (Fsp3) is 0.565. The van der Waals surface area contributed by atoms with Gasteiger partial charge in [0.2, 0.25) is 0 Å². The standard InChI is InChI=1S/C23H30N2O5/c1-14-18-10-17(28-5)6-7-19(18)29-20(14)21(26)24-9-8-15-11-25(13-16(15)12-24)22(27)30-23(2,3)4/h6-7,10,15-16H,8-9,11-13H2,1-5H3/t15-,16-/m0/s1. The van der Waals surface area contributed by atoms with Gasteiger partial charge in [0, 0.05) is 37.1 Å². The lowest BCUT2D eigenvalue weighted by Gasteiger charge is -2.33. The summed E-state index contributed by atoms with van der Waals surface area (Å²) in [6.45, 7) is 10.2. The first-order chi connectivity index (χ1) is 14.2. The van der Waals surface area contributed by atoms with Crippen molar-refractivity contribution in [3.63, 3.8) is 0 Å². The molecule has 30 heavy (non-hydrogen) atoms. The normalized spacial score (nSPS) is 21.6. The molecule has 7 nitrogen and oxygen atoms in total. The van der Waals surface area contributed by atoms with Gasteiger partial charge in [-0.2, -0.15) is 0 Å². The van der Waals surface area contributed by atoms with Gasteiger partial charge in [-0.25, -0.2) is 4.79 Å². The van der Waals surface area contributed by atoms with Crippen LogP contribution in [-0.2, 0) is 4.74 Å². The Labute approximate surface area is 176 Å². The lowest BCUT2D eigenvalue weighted by molar-refractivity contribution is 0.0284. The quantitative estimate of drug-likeness (QED) is 0.740. The minimum Gasteiger partial charge on any atom is -0.497 e. The topological polar surface area (TPSA) is 72.2 Å². The fourth-order valence-electron chi connectivity index (χ4n) is 4.50. The van der Waals surface area contributed by atoms with Crippen LogP contribution in [-0.4, -0.2) is 60.7 Å². The SMILES string of the molecule is COc1ccc2oc(C(=O)N3CC[C@H]4CN(C(=O)OC(C)(C)C)C[C@@H]4C3)c(C)c2c1. The van der Waals surface area contributed by atoms with Crippen molar-refractivity contribution in [3.05, 3.63) is 29.5 Å². The van der Waals surface area contributed by atoms with Gasteiger partial charge in [-0.15, -0.1) is 0 Å². The predicted molar refractivity (Wildman–Crippen MR) is 113 cm³/mol. The number of furan rings is 1. The highest BCUT2D eigenvalue weighted by Gasteiger charge is 2.41. The summed E-state index contributed by atoms with van der Waals surface area (Å²) in [7, 11) is 1.62. The molecule has 2 atom stereocenters. The molecule has 2 fully saturated rings. The van der Waals surface area contributed by atoms with E-state index in [2.05, 4.69) is 0 Å². The smallest absolute Gasteiger partial charge is 0.410 e. The van der Waals surface area contributed by atoms with Crippen LogP contribution < -0.4 is 4.74 Å². The van der Waals surface area contributed by atoms with E-state index in [9.17, 15) is 9.59 Å². The number of carbonyl (C=O) groups excluding carboxylic acids is 2. The van der Waals surface area contributed by atoms with Crippen molar-refractivity contribution in [2.24, 2.45) is 11.8 Å². The number of likely N-dealkylation sites (tertiary alicyclic amines) is 2. The summed E-state index contributed by atoms with van der Waals surface area (Å²) < 4.78 is 16.7. The summed E-state index contributed by atoms with van der Waals surface area (Å²) in [5.41, 5.74) is 1.01. The van der Waals surface area contributed by atoms with Crippen molar-refractivity contribution in [1.29, 1.82) is 0 Å². The van der Waals surface area contributed by atoms with E-state index in [0.29, 0.717) is 43.4 Å². The van der Waals surface area contributed by atoms with Gasteiger partial charge in [0.1, 0.15) is 16.9 Å². The fourth-order valence-corrected chi connectivity index (χ4v) is 4.50. The molecule has 7 heteroatoms. The Bertz CT molecular complexity index is 974. The van der Waals surface area contributed by atoms with Crippen molar-refractivity contribution in [2.75, 3.05) is 33.3 Å². The molecule has 1 aromatic carbocycles. The number of nitrogens with zero attached hydrogens (tertiary/aromatic N) is 2. The van der Waals surface area contributed by atoms with Gasteiger partial charge in [-0.05, 0) is 64.2 Å². The molecule has 3 heterocycles. The Morgan fingerprint density at radius 3 is 2.50 bits per heavy atom. The van der Waals surface area contributed by atoms with Gasteiger partial charge in [-0.1, -0.05) is 0 Å². The lowest BCUT2D eigenvalue weighted by Crippen LogP contribution is -2.43. The Balaban J connectivity index is 1.47. The zero-order valence-corrected chi connectivity index (χ0v) is 18.4. The molecule has 2 aromatic rings. The van der Waals surface area contributed by atoms with Crippen LogP contribution in [0.5, 0.6) is 5.75 Å². The van der Waals surface area contributed by atoms with E-state index in [1.54, 1.807) is 12.0 Å². The predicted octanol–water partition coefficient (Wildman–Crippen LogP) is 4.08. The van der Waals surface area contributed by atoms with Crippen molar-refractivity contribution in [3.8, 4) is 5.75 Å². The second-order valence-electron chi connectivity index (χ2n) is 9.36. The van der Waals surface area contributed by atoms with Crippen LogP contribution in [0, 0.1) is 18.8 Å². The lowest BCUT2D eigenvalue weighted by atomic mass is 9.88. The van der Waals surface area contributed by atoms with Crippen molar-refractivity contribution in [2.45, 2.75) is 39.7 Å². The molecule has 2 saturated heterocycles. The van der Waals surface area contributed by atoms with Crippen LogP contribution >= 0.6 is 0 Å². The summed E-state index contributed by atoms with van der Waals surface area (Å²) in [6, 6.07) is 5.56. The summed E-state index contributed by atoms with van der Waals surface area (Å²) in [5, 5.41) is 0.893. The molecule has 4 rings (SSSR count). The van der Waals surface area contributed by atoms with Crippen molar-refractivity contribution < 1.29 is 23.5 Å². The highest BCUT2D eigenvalue weighted by molar-refractivity contribution is 5.99. The molecule has 2 aliphatic rings. The van der Waals surface area contributed by atoms with Crippen LogP contribution in [0.3, 0.4) is 0 Å². The minimum absolute atomic E-state index is 0.0863. The highest BCUT2D eigenvalue weighted by Crippen LogP contribution is 2.34. The average Bonchev–Trinajstić information content (AvgIpc) is 3.26. The average molecular weight is 415 g/mol. The van der Waals surface area contributed by atoms with Gasteiger partial charge in [0.15, 0.2) is 5.76 Å². The van der Waals surface area contributed by atoms with Gasteiger partial charge in [-0.3, -0.25) is 4.79 Å². The molecule has 0 N–H and O–H groups in total. The number of benzene rings is 1. The number of ether oxygens (including phenoxy) is 2. The van der Waals surface area contributed by atoms with E-state index in [0.717, 1.165) is 23.1 Å². The first-order valence-corrected chi connectivity index (χ1v) is 10.5. The summed E-state index contributed by atoms with van der Waals surface area (Å²) >= 11 is 0. The third kappa shape index (κ3) is 3.85. The molecular formula is C23H30N2O5. The summed E-state index contributed by atoms with van der Waals surface area (Å²) in [4.78, 5) is 29.3. The second-order valence-corrected chi connectivity index (χ2v) is 9.36. The van der Waals surface area contributed by atoms with Crippen molar-refractivity contribution in [1.82, 2.24) is 9.80 Å². The molecule has 0 bridgehead atoms. The van der Waals surface area contributed by atoms with Gasteiger partial charge < -0.3 is 23.7 Å². The van der Waals surface area contributed by atoms with E-state index in [-0.39, 0.29) is 17.9 Å². The van der Waals surface area contributed by atoms with Crippen LogP contribution in [0.1, 0.15) is 43.3 Å². The molecule has 0 unspecified atom stereocenters. The molecule has 0 spiro atoms. The first kappa shape index (κ1) is 20.6. The third-order valence-electron chi connectivity index (χ3n) is 6.08. The zero-order valence-electron chi connectivity index (χ0n) is 18.4. The maximum absolute atomic E-state index is 13.2. The molecule has 0 radical (unpaired) electrons. The van der Waals surface area contributed by atoms with Crippen LogP contribution in [0.15, 0.2) is 22.6 Å². The third-order valence-corrected chi connectivity index (χ3v) is 6.08. The number of rotatable bonds is 2. The number of methoxy groups -OCH3 is 1. The number of piperidine rings is 1. The Morgan fingerprint density at radius 2 is 1.80 bits per heavy atom. The van der Waals surface area contributed by atoms with Crippen LogP contribution in [0.4, 0.5) is 4.79 Å². The molecular weight excluding hydrogens is 384 g/mol. The Hall–Kier alpha value is -2.70. The Morgan fingerprint density at radius 1 is 1.10 bits per heavy atom. The molecule has 162 valence electrons. The van der Waals surface area contributed by atoms with E-state index >= 15 is 0 Å². The summed E-state index contributed by atoms with van der Waals surface area (Å²) in [5.74, 6) is 1.71. The molecule has 0 aliphatic carbocycles. The van der Waals surface area contributed by atoms with Crippen molar-refractivity contribution >= 4 is 23.0 Å². The van der Waals surface area contributed by atoms with E-state index in [4.69, 9.17) is 13.9 Å². The number of aryl methyl sites for hydroxylation is 1. The minimum atomic E-state index is -0.506. The van der Waals surface area contributed by atoms with Crippen LogP contribution in [0.25, 0.3) is 11.0 Å². The monoisotopic (exact) mass is 414 g/mol. The molecule has 1 aromatic heterocycles. The highest BCUT2D eigenvalue weighted by atomic mass is 16.6. The number of hydrogen-bond acceptors (Lipinski definition) is 5. The number of carbonyl (C=O) groups is 2. The second kappa shape index (κ2) is 7.52. The zero-order chi connectivity index (χ0) is 21.6. The first-order valence-electron chi connectivity index (χ1n) is 10.5. The van der Waals surface area contributed by atoms with E-state index < -0.39 is 5.60 Å². The maximum Gasteiger partial charge on any atom is 0.410 e. The van der Waals surface area contributed by atoms with Crippen LogP contribution in [0.2, 0.25) is 0 Å². The van der Waals surface area contributed by atoms with Gasteiger partial charge >= 0.3 is 6.09 Å². The van der Waals surface area contributed by atoms with E-state index in [1.165, 1.54) is 0 Å². The molecule has 2 aliphatic heterocycles. The van der Waals surface area contributed by atoms with Gasteiger partial charge in [0.05, 0.1) is 7.11 Å². The number of fused-ring (bicyclic) bond motifs is 2. The molecule has 2 amide bonds. The maximum atomic E-state index is 13.2. The Kier molecular flexibility index (Phi) is 5.16. The number of amides is 2.